The van der Waals surface area contributed by atoms with Crippen LogP contribution in [0.15, 0.2) is 42.5 Å². The molecule has 3 amide bonds. The van der Waals surface area contributed by atoms with E-state index in [0.29, 0.717) is 29.6 Å². The average molecular weight is 646 g/mol. The largest absolute Gasteiger partial charge is 0.496 e. The number of carbonyl (C=O) groups excluding carboxylic acids is 5. The summed E-state index contributed by atoms with van der Waals surface area (Å²) in [5.74, 6) is -2.85. The van der Waals surface area contributed by atoms with Gasteiger partial charge in [0.1, 0.15) is 17.5 Å². The highest BCUT2D eigenvalue weighted by Gasteiger charge is 2.34. The molecule has 1 saturated heterocycles. The van der Waals surface area contributed by atoms with Crippen molar-refractivity contribution in [2.75, 3.05) is 20.3 Å². The van der Waals surface area contributed by atoms with E-state index in [4.69, 9.17) is 32.7 Å². The number of aromatic nitrogens is 1. The maximum absolute atomic E-state index is 13.6. The van der Waals surface area contributed by atoms with Crippen molar-refractivity contribution in [3.8, 4) is 5.75 Å². The molecule has 13 heteroatoms. The van der Waals surface area contributed by atoms with Crippen molar-refractivity contribution in [1.82, 2.24) is 20.9 Å². The summed E-state index contributed by atoms with van der Waals surface area (Å²) in [7, 11) is 1.53. The third kappa shape index (κ3) is 7.89. The van der Waals surface area contributed by atoms with E-state index in [1.807, 2.05) is 13.8 Å². The Morgan fingerprint density at radius 1 is 1.02 bits per heavy atom. The lowest BCUT2D eigenvalue weighted by Crippen LogP contribution is -2.53. The van der Waals surface area contributed by atoms with E-state index in [1.165, 1.54) is 19.2 Å². The van der Waals surface area contributed by atoms with E-state index in [1.54, 1.807) is 30.3 Å². The zero-order valence-electron chi connectivity index (χ0n) is 24.5. The Morgan fingerprint density at radius 3 is 2.36 bits per heavy atom. The number of halogens is 2. The lowest BCUT2D eigenvalue weighted by molar-refractivity contribution is -0.131. The van der Waals surface area contributed by atoms with Crippen LogP contribution >= 0.6 is 23.2 Å². The molecule has 11 nitrogen and oxygen atoms in total. The highest BCUT2D eigenvalue weighted by atomic mass is 35.5. The Balaban J connectivity index is 1.50. The van der Waals surface area contributed by atoms with Gasteiger partial charge in [0.25, 0.3) is 5.91 Å². The van der Waals surface area contributed by atoms with Gasteiger partial charge in [-0.2, -0.15) is 0 Å². The van der Waals surface area contributed by atoms with Crippen molar-refractivity contribution in [2.45, 2.75) is 45.2 Å². The van der Waals surface area contributed by atoms with Crippen LogP contribution in [0.1, 0.15) is 54.0 Å². The summed E-state index contributed by atoms with van der Waals surface area (Å²) in [6, 6.07) is 9.31. The number of rotatable bonds is 13. The van der Waals surface area contributed by atoms with Gasteiger partial charge >= 0.3 is 5.97 Å². The van der Waals surface area contributed by atoms with Crippen LogP contribution in [0.4, 0.5) is 0 Å². The summed E-state index contributed by atoms with van der Waals surface area (Å²) in [5.41, 5.74) is 0.827. The van der Waals surface area contributed by atoms with Crippen molar-refractivity contribution in [2.24, 2.45) is 11.8 Å². The quantitative estimate of drug-likeness (QED) is 0.204. The van der Waals surface area contributed by atoms with Crippen LogP contribution in [0, 0.1) is 11.8 Å². The third-order valence-electron chi connectivity index (χ3n) is 7.32. The van der Waals surface area contributed by atoms with Gasteiger partial charge in [-0.05, 0) is 55.5 Å². The Bertz CT molecular complexity index is 1550. The summed E-state index contributed by atoms with van der Waals surface area (Å²) in [6.07, 6.45) is 0.737. The number of methoxy groups -OCH3 is 1. The van der Waals surface area contributed by atoms with Crippen molar-refractivity contribution in [3.05, 3.63) is 63.8 Å². The highest BCUT2D eigenvalue weighted by molar-refractivity contribution is 6.39. The maximum atomic E-state index is 13.6. The number of carbonyl (C=O) groups is 5. The first-order valence-corrected chi connectivity index (χ1v) is 14.9. The van der Waals surface area contributed by atoms with E-state index in [9.17, 15) is 24.0 Å². The molecular formula is C31H34Cl2N4O7. The first-order valence-electron chi connectivity index (χ1n) is 14.2. The Hall–Kier alpha value is -4.09. The molecule has 1 fully saturated rings. The number of benzene rings is 2. The van der Waals surface area contributed by atoms with Crippen molar-refractivity contribution >= 4 is 63.6 Å². The second-order valence-electron chi connectivity index (χ2n) is 11.0. The second kappa shape index (κ2) is 14.6. The molecule has 0 saturated carbocycles. The number of ether oxygens (including phenoxy) is 2. The molecular weight excluding hydrogens is 611 g/mol. The van der Waals surface area contributed by atoms with Gasteiger partial charge in [-0.1, -0.05) is 49.2 Å². The number of ketones is 1. The number of amides is 3. The molecule has 2 aromatic carbocycles. The molecule has 0 spiro atoms. The van der Waals surface area contributed by atoms with Gasteiger partial charge in [-0.15, -0.1) is 0 Å². The zero-order valence-corrected chi connectivity index (χ0v) is 26.0. The zero-order chi connectivity index (χ0) is 32.0. The molecule has 2 heterocycles. The molecule has 3 unspecified atom stereocenters. The van der Waals surface area contributed by atoms with E-state index >= 15 is 0 Å². The summed E-state index contributed by atoms with van der Waals surface area (Å²) < 4.78 is 10.6. The van der Waals surface area contributed by atoms with E-state index in [2.05, 4.69) is 20.9 Å². The molecule has 3 atom stereocenters. The molecule has 1 aromatic heterocycles. The predicted molar refractivity (Wildman–Crippen MR) is 165 cm³/mol. The fourth-order valence-corrected chi connectivity index (χ4v) is 5.62. The normalized spacial score (nSPS) is 15.9. The molecule has 0 radical (unpaired) electrons. The van der Waals surface area contributed by atoms with Crippen molar-refractivity contribution in [3.63, 3.8) is 0 Å². The molecule has 4 rings (SSSR count). The Kier molecular flexibility index (Phi) is 10.9. The molecule has 1 aliphatic heterocycles. The average Bonchev–Trinajstić information content (AvgIpc) is 3.60. The van der Waals surface area contributed by atoms with Gasteiger partial charge in [-0.3, -0.25) is 19.2 Å². The third-order valence-corrected chi connectivity index (χ3v) is 7.95. The minimum Gasteiger partial charge on any atom is -0.496 e. The number of aromatic amines is 1. The maximum Gasteiger partial charge on any atom is 0.341 e. The SMILES string of the molecule is COc1cccc2[nH]c(C(=O)NC(CC(C)C)C(=O)NC(CC3CCNC3=O)C(=O)COC(=O)c3c(Cl)cccc3Cl)cc12. The van der Waals surface area contributed by atoms with Crippen molar-refractivity contribution in [1.29, 1.82) is 0 Å². The molecule has 0 bridgehead atoms. The molecule has 3 aromatic rings. The van der Waals surface area contributed by atoms with Crippen LogP contribution in [0.3, 0.4) is 0 Å². The van der Waals surface area contributed by atoms with Crippen LogP contribution < -0.4 is 20.7 Å². The molecule has 4 N–H and O–H groups in total. The van der Waals surface area contributed by atoms with Gasteiger partial charge in [0.15, 0.2) is 12.4 Å². The number of nitrogens with one attached hydrogen (secondary N) is 4. The number of hydrogen-bond acceptors (Lipinski definition) is 7. The number of esters is 1. The van der Waals surface area contributed by atoms with Crippen LogP contribution in [0.25, 0.3) is 10.9 Å². The fraction of sp³-hybridized carbons (Fsp3) is 0.387. The number of hydrogen-bond donors (Lipinski definition) is 4. The van der Waals surface area contributed by atoms with Gasteiger partial charge in [-0.25, -0.2) is 4.79 Å². The Labute approximate surface area is 264 Å². The summed E-state index contributed by atoms with van der Waals surface area (Å²) in [5, 5.41) is 9.01. The number of H-pyrrole nitrogens is 1. The molecule has 1 aliphatic rings. The van der Waals surface area contributed by atoms with E-state index in [-0.39, 0.29) is 46.0 Å². The van der Waals surface area contributed by atoms with Crippen LogP contribution in [-0.2, 0) is 19.1 Å². The number of Topliss-reactive ketones (excluding diaryl/α,β-unsaturated/α-hetero) is 1. The van der Waals surface area contributed by atoms with Crippen LogP contribution in [0.5, 0.6) is 5.75 Å². The predicted octanol–water partition coefficient (Wildman–Crippen LogP) is 4.06. The monoisotopic (exact) mass is 644 g/mol. The highest BCUT2D eigenvalue weighted by Crippen LogP contribution is 2.27. The van der Waals surface area contributed by atoms with Gasteiger partial charge in [0, 0.05) is 23.4 Å². The lowest BCUT2D eigenvalue weighted by Gasteiger charge is -2.25. The summed E-state index contributed by atoms with van der Waals surface area (Å²) in [4.78, 5) is 68.2. The Morgan fingerprint density at radius 2 is 1.73 bits per heavy atom. The van der Waals surface area contributed by atoms with Crippen LogP contribution in [0.2, 0.25) is 10.0 Å². The lowest BCUT2D eigenvalue weighted by atomic mass is 9.95. The topological polar surface area (TPSA) is 156 Å². The van der Waals surface area contributed by atoms with Gasteiger partial charge in [0.05, 0.1) is 28.8 Å². The molecule has 234 valence electrons. The minimum atomic E-state index is -1.17. The first-order chi connectivity index (χ1) is 21.0. The standard InChI is InChI=1S/C31H34Cl2N4O7/c1-16(2)12-23(37-30(41)24-14-18-21(35-24)8-5-9-26(18)43-3)29(40)36-22(13-17-10-11-34-28(17)39)25(38)15-44-31(42)27-19(32)6-4-7-20(27)33/h4-9,14,16-17,22-23,35H,10-13,15H2,1-3H3,(H,34,39)(H,36,40)(H,37,41). The smallest absolute Gasteiger partial charge is 0.341 e. The van der Waals surface area contributed by atoms with Gasteiger partial charge < -0.3 is 30.4 Å². The van der Waals surface area contributed by atoms with E-state index < -0.39 is 48.2 Å². The first kappa shape index (κ1) is 32.8. The number of fused-ring (bicyclic) bond motifs is 1. The summed E-state index contributed by atoms with van der Waals surface area (Å²) >= 11 is 12.2. The molecule has 0 aliphatic carbocycles. The van der Waals surface area contributed by atoms with Crippen LogP contribution in [-0.4, -0.2) is 66.8 Å². The second-order valence-corrected chi connectivity index (χ2v) is 11.8. The van der Waals surface area contributed by atoms with Crippen molar-refractivity contribution < 1.29 is 33.4 Å². The minimum absolute atomic E-state index is 0.00458. The van der Waals surface area contributed by atoms with E-state index in [0.717, 1.165) is 0 Å². The summed E-state index contributed by atoms with van der Waals surface area (Å²) in [6.45, 7) is 3.54. The fourth-order valence-electron chi connectivity index (χ4n) is 5.07. The molecule has 44 heavy (non-hydrogen) atoms. The van der Waals surface area contributed by atoms with Gasteiger partial charge in [0.2, 0.25) is 11.8 Å².